The van der Waals surface area contributed by atoms with E-state index in [9.17, 15) is 19.8 Å². The first-order chi connectivity index (χ1) is 14.0. The van der Waals surface area contributed by atoms with Crippen LogP contribution >= 0.6 is 0 Å². The third-order valence-corrected chi connectivity index (χ3v) is 9.23. The van der Waals surface area contributed by atoms with Crippen molar-refractivity contribution in [2.45, 2.75) is 77.3 Å². The second-order valence-corrected chi connectivity index (χ2v) is 10.3. The van der Waals surface area contributed by atoms with Crippen LogP contribution in [0.4, 0.5) is 0 Å². The van der Waals surface area contributed by atoms with Crippen LogP contribution < -0.4 is 0 Å². The van der Waals surface area contributed by atoms with Crippen molar-refractivity contribution in [3.05, 3.63) is 11.6 Å². The Kier molecular flexibility index (Phi) is 4.92. The van der Waals surface area contributed by atoms with E-state index in [1.165, 1.54) is 6.92 Å². The third kappa shape index (κ3) is 2.55. The van der Waals surface area contributed by atoms with Crippen LogP contribution in [0.1, 0.15) is 59.8 Å². The zero-order valence-electron chi connectivity index (χ0n) is 18.6. The molecule has 0 aromatic carbocycles. The lowest BCUT2D eigenvalue weighted by Gasteiger charge is -2.68. The average Bonchev–Trinajstić information content (AvgIpc) is 3.04. The van der Waals surface area contributed by atoms with Gasteiger partial charge < -0.3 is 24.4 Å². The molecule has 7 heteroatoms. The van der Waals surface area contributed by atoms with E-state index in [0.29, 0.717) is 25.7 Å². The number of hydrogen-bond acceptors (Lipinski definition) is 7. The molecule has 0 aromatic rings. The summed E-state index contributed by atoms with van der Waals surface area (Å²) in [5.74, 6) is -1.85. The molecule has 0 saturated heterocycles. The van der Waals surface area contributed by atoms with Crippen molar-refractivity contribution in [2.24, 2.45) is 28.6 Å². The first-order valence-electron chi connectivity index (χ1n) is 11.0. The van der Waals surface area contributed by atoms with E-state index in [1.54, 1.807) is 13.2 Å². The van der Waals surface area contributed by atoms with E-state index in [1.807, 2.05) is 13.8 Å². The van der Waals surface area contributed by atoms with Crippen molar-refractivity contribution in [3.8, 4) is 0 Å². The number of carbonyl (C=O) groups excluding carboxylic acids is 2. The smallest absolute Gasteiger partial charge is 0.333 e. The Labute approximate surface area is 177 Å². The minimum atomic E-state index is -1.23. The number of methoxy groups -OCH3 is 1. The van der Waals surface area contributed by atoms with Crippen LogP contribution in [0.25, 0.3) is 0 Å². The molecule has 1 heterocycles. The first-order valence-corrected chi connectivity index (χ1v) is 11.0. The Morgan fingerprint density at radius 3 is 2.60 bits per heavy atom. The van der Waals surface area contributed by atoms with Gasteiger partial charge in [0.15, 0.2) is 0 Å². The molecule has 1 aliphatic heterocycles. The molecule has 2 N–H and O–H groups in total. The molecule has 7 nitrogen and oxygen atoms in total. The number of aliphatic hydroxyl groups excluding tert-OH is 1. The first kappa shape index (κ1) is 21.8. The molecule has 3 saturated carbocycles. The highest BCUT2D eigenvalue weighted by atomic mass is 16.7. The van der Waals surface area contributed by atoms with E-state index >= 15 is 0 Å². The number of hydrogen-bond donors (Lipinski definition) is 2. The summed E-state index contributed by atoms with van der Waals surface area (Å²) in [6, 6.07) is 0. The number of fused-ring (bicyclic) bond motifs is 4. The van der Waals surface area contributed by atoms with Crippen LogP contribution in [0.5, 0.6) is 0 Å². The molecule has 0 aromatic heterocycles. The van der Waals surface area contributed by atoms with Gasteiger partial charge in [-0.2, -0.15) is 0 Å². The summed E-state index contributed by atoms with van der Waals surface area (Å²) in [5, 5.41) is 22.5. The van der Waals surface area contributed by atoms with Crippen molar-refractivity contribution in [1.29, 1.82) is 0 Å². The van der Waals surface area contributed by atoms with Crippen LogP contribution in [0, 0.1) is 28.6 Å². The van der Waals surface area contributed by atoms with E-state index in [0.717, 1.165) is 12.0 Å². The van der Waals surface area contributed by atoms with E-state index in [4.69, 9.17) is 14.2 Å². The standard InChI is InChI=1S/C23H34O7/c1-13-15-6-9-23(27)20(3,12-24)8-7-18(29-14(2)25)21(23,4)17(15)11-22(28-5)16(13)10-19(26)30-22/h10,13,15,17-18,24,27H,6-9,11-12H2,1-5H3/t13-,15-,17-,18-,20+,21-,22+,23+/m0/s1. The monoisotopic (exact) mass is 422 g/mol. The Balaban J connectivity index is 1.86. The maximum atomic E-state index is 12.2. The Morgan fingerprint density at radius 1 is 1.30 bits per heavy atom. The summed E-state index contributed by atoms with van der Waals surface area (Å²) in [7, 11) is 1.54. The lowest BCUT2D eigenvalue weighted by atomic mass is 9.39. The molecule has 168 valence electrons. The number of esters is 2. The molecule has 4 aliphatic rings. The summed E-state index contributed by atoms with van der Waals surface area (Å²) in [4.78, 5) is 24.2. The number of ether oxygens (including phenoxy) is 3. The lowest BCUT2D eigenvalue weighted by Crippen LogP contribution is -2.73. The van der Waals surface area contributed by atoms with Gasteiger partial charge in [-0.15, -0.1) is 0 Å². The molecule has 30 heavy (non-hydrogen) atoms. The van der Waals surface area contributed by atoms with Crippen molar-refractivity contribution >= 4 is 11.9 Å². The Morgan fingerprint density at radius 2 is 2.00 bits per heavy atom. The van der Waals surface area contributed by atoms with Gasteiger partial charge >= 0.3 is 11.9 Å². The average molecular weight is 423 g/mol. The van der Waals surface area contributed by atoms with Crippen LogP contribution in [0.2, 0.25) is 0 Å². The van der Waals surface area contributed by atoms with Crippen molar-refractivity contribution in [1.82, 2.24) is 0 Å². The molecule has 4 rings (SSSR count). The largest absolute Gasteiger partial charge is 0.462 e. The zero-order valence-corrected chi connectivity index (χ0v) is 18.6. The fraction of sp³-hybridized carbons (Fsp3) is 0.826. The minimum Gasteiger partial charge on any atom is -0.462 e. The van der Waals surface area contributed by atoms with Gasteiger partial charge in [-0.25, -0.2) is 4.79 Å². The second-order valence-electron chi connectivity index (χ2n) is 10.3. The van der Waals surface area contributed by atoms with Crippen molar-refractivity contribution < 1.29 is 34.0 Å². The molecule has 0 amide bonds. The topological polar surface area (TPSA) is 102 Å². The van der Waals surface area contributed by atoms with Gasteiger partial charge in [0.25, 0.3) is 0 Å². The van der Waals surface area contributed by atoms with Crippen LogP contribution in [-0.2, 0) is 23.8 Å². The maximum Gasteiger partial charge on any atom is 0.333 e. The number of rotatable bonds is 3. The lowest BCUT2D eigenvalue weighted by molar-refractivity contribution is -0.308. The maximum absolute atomic E-state index is 12.2. The summed E-state index contributed by atoms with van der Waals surface area (Å²) in [6.45, 7) is 7.25. The molecule has 0 spiro atoms. The molecule has 0 unspecified atom stereocenters. The van der Waals surface area contributed by atoms with Gasteiger partial charge in [-0.3, -0.25) is 4.79 Å². The number of aliphatic hydroxyl groups is 2. The minimum absolute atomic E-state index is 0.0248. The number of carbonyl (C=O) groups is 2. The highest BCUT2D eigenvalue weighted by Gasteiger charge is 2.72. The summed E-state index contributed by atoms with van der Waals surface area (Å²) < 4.78 is 17.3. The predicted octanol–water partition coefficient (Wildman–Crippen LogP) is 2.34. The normalized spacial score (nSPS) is 50.0. The highest BCUT2D eigenvalue weighted by Crippen LogP contribution is 2.69. The van der Waals surface area contributed by atoms with E-state index < -0.39 is 34.3 Å². The second kappa shape index (κ2) is 6.78. The molecule has 0 bridgehead atoms. The molecule has 0 radical (unpaired) electrons. The molecule has 3 aliphatic carbocycles. The van der Waals surface area contributed by atoms with Gasteiger partial charge in [0.1, 0.15) is 6.10 Å². The fourth-order valence-corrected chi connectivity index (χ4v) is 7.45. The SMILES string of the molecule is CO[C@@]12C[C@H]3[C@@H](CC[C@@]4(O)[C@@](C)(CO)CC[C@H](OC(C)=O)[C@]34C)[C@H](C)C1=CC(=O)O2. The van der Waals surface area contributed by atoms with Crippen LogP contribution in [0.3, 0.4) is 0 Å². The Hall–Kier alpha value is -1.44. The summed E-state index contributed by atoms with van der Waals surface area (Å²) >= 11 is 0. The van der Waals surface area contributed by atoms with Gasteiger partial charge in [0, 0.05) is 42.9 Å². The molecule has 3 fully saturated rings. The molecule has 8 atom stereocenters. The van der Waals surface area contributed by atoms with Gasteiger partial charge in [0.2, 0.25) is 5.79 Å². The van der Waals surface area contributed by atoms with Gasteiger partial charge in [0.05, 0.1) is 12.2 Å². The van der Waals surface area contributed by atoms with E-state index in [2.05, 4.69) is 6.92 Å². The van der Waals surface area contributed by atoms with Gasteiger partial charge in [-0.05, 0) is 43.4 Å². The molecular weight excluding hydrogens is 388 g/mol. The van der Waals surface area contributed by atoms with Gasteiger partial charge in [-0.1, -0.05) is 20.8 Å². The van der Waals surface area contributed by atoms with Crippen LogP contribution in [0.15, 0.2) is 11.6 Å². The summed E-state index contributed by atoms with van der Waals surface area (Å²) in [5.41, 5.74) is -1.91. The Bertz CT molecular complexity index is 792. The predicted molar refractivity (Wildman–Crippen MR) is 107 cm³/mol. The summed E-state index contributed by atoms with van der Waals surface area (Å²) in [6.07, 6.45) is 3.85. The van der Waals surface area contributed by atoms with Crippen molar-refractivity contribution in [2.75, 3.05) is 13.7 Å². The quantitative estimate of drug-likeness (QED) is 0.673. The van der Waals surface area contributed by atoms with Crippen molar-refractivity contribution in [3.63, 3.8) is 0 Å². The molecular formula is C23H34O7. The third-order valence-electron chi connectivity index (χ3n) is 9.23. The zero-order chi connectivity index (χ0) is 22.1. The fourth-order valence-electron chi connectivity index (χ4n) is 7.45. The van der Waals surface area contributed by atoms with E-state index in [-0.39, 0.29) is 30.3 Å². The van der Waals surface area contributed by atoms with Crippen LogP contribution in [-0.4, -0.2) is 53.4 Å². The highest BCUT2D eigenvalue weighted by molar-refractivity contribution is 5.86.